The van der Waals surface area contributed by atoms with Crippen LogP contribution in [0.1, 0.15) is 41.7 Å². The molecule has 1 aliphatic heterocycles. The molecule has 3 heterocycles. The van der Waals surface area contributed by atoms with E-state index in [1.165, 1.54) is 6.26 Å². The molecule has 2 aromatic heterocycles. The summed E-state index contributed by atoms with van der Waals surface area (Å²) < 4.78 is 7.25. The fourth-order valence-electron chi connectivity index (χ4n) is 3.24. The molecule has 6 nitrogen and oxygen atoms in total. The molecule has 1 saturated heterocycles. The van der Waals surface area contributed by atoms with Gasteiger partial charge < -0.3 is 9.32 Å². The number of hydrogen-bond acceptors (Lipinski definition) is 4. The number of hydrogen-bond donors (Lipinski definition) is 0. The van der Waals surface area contributed by atoms with Crippen LogP contribution in [0.25, 0.3) is 5.69 Å². The maximum absolute atomic E-state index is 12.8. The summed E-state index contributed by atoms with van der Waals surface area (Å²) in [6.45, 7) is 0.700. The zero-order valence-electron chi connectivity index (χ0n) is 13.2. The molecule has 1 aromatic carbocycles. The predicted octanol–water partition coefficient (Wildman–Crippen LogP) is 3.23. The highest BCUT2D eigenvalue weighted by Crippen LogP contribution is 2.32. The number of nitrogens with zero attached hydrogens (tertiary/aromatic N) is 4. The minimum absolute atomic E-state index is 0.0905. The zero-order valence-corrected chi connectivity index (χ0v) is 13.2. The maximum atomic E-state index is 12.8. The van der Waals surface area contributed by atoms with Crippen molar-refractivity contribution in [2.75, 3.05) is 6.54 Å². The summed E-state index contributed by atoms with van der Waals surface area (Å²) in [6.07, 6.45) is 6.15. The van der Waals surface area contributed by atoms with E-state index in [4.69, 9.17) is 4.42 Å². The van der Waals surface area contributed by atoms with Crippen molar-refractivity contribution >= 4 is 5.91 Å². The van der Waals surface area contributed by atoms with Crippen molar-refractivity contribution in [1.82, 2.24) is 19.7 Å². The molecule has 0 saturated carbocycles. The van der Waals surface area contributed by atoms with Crippen LogP contribution in [0.3, 0.4) is 0 Å². The first-order valence-corrected chi connectivity index (χ1v) is 8.14. The van der Waals surface area contributed by atoms with E-state index in [1.54, 1.807) is 18.5 Å². The Balaban J connectivity index is 1.70. The molecule has 4 rings (SSSR count). The summed E-state index contributed by atoms with van der Waals surface area (Å²) in [5, 5.41) is 8.40. The number of rotatable bonds is 3. The molecule has 6 heteroatoms. The Labute approximate surface area is 139 Å². The summed E-state index contributed by atoms with van der Waals surface area (Å²) >= 11 is 0. The van der Waals surface area contributed by atoms with Crippen molar-refractivity contribution in [2.45, 2.75) is 25.3 Å². The van der Waals surface area contributed by atoms with Gasteiger partial charge in [0.25, 0.3) is 5.91 Å². The van der Waals surface area contributed by atoms with Gasteiger partial charge in [-0.05, 0) is 43.5 Å². The van der Waals surface area contributed by atoms with E-state index in [1.807, 2.05) is 39.8 Å². The highest BCUT2D eigenvalue weighted by molar-refractivity contribution is 5.91. The third-order valence-electron chi connectivity index (χ3n) is 4.40. The van der Waals surface area contributed by atoms with Crippen molar-refractivity contribution in [3.63, 3.8) is 0 Å². The van der Waals surface area contributed by atoms with Crippen LogP contribution in [0.2, 0.25) is 0 Å². The van der Waals surface area contributed by atoms with Gasteiger partial charge in [-0.3, -0.25) is 9.36 Å². The van der Waals surface area contributed by atoms with E-state index >= 15 is 0 Å². The number of furan rings is 1. The van der Waals surface area contributed by atoms with Gasteiger partial charge in [0.1, 0.15) is 6.33 Å². The Hall–Kier alpha value is -2.89. The minimum atomic E-state index is -0.0981. The van der Waals surface area contributed by atoms with Crippen LogP contribution in [0.4, 0.5) is 0 Å². The topological polar surface area (TPSA) is 64.2 Å². The van der Waals surface area contributed by atoms with E-state index < -0.39 is 0 Å². The van der Waals surface area contributed by atoms with Crippen LogP contribution in [-0.4, -0.2) is 32.1 Å². The van der Waals surface area contributed by atoms with Crippen LogP contribution in [0.15, 0.2) is 59.5 Å². The molecule has 0 N–H and O–H groups in total. The zero-order chi connectivity index (χ0) is 16.4. The molecule has 1 unspecified atom stereocenters. The third kappa shape index (κ3) is 2.60. The van der Waals surface area contributed by atoms with E-state index in [-0.39, 0.29) is 11.9 Å². The average Bonchev–Trinajstić information content (AvgIpc) is 3.33. The van der Waals surface area contributed by atoms with E-state index in [9.17, 15) is 4.79 Å². The van der Waals surface area contributed by atoms with E-state index in [0.29, 0.717) is 12.3 Å². The highest BCUT2D eigenvalue weighted by Gasteiger charge is 2.33. The fraction of sp³-hybridized carbons (Fsp3) is 0.278. The number of carbonyl (C=O) groups is 1. The molecular formula is C18H18N4O2. The van der Waals surface area contributed by atoms with Crippen molar-refractivity contribution in [2.24, 2.45) is 0 Å². The summed E-state index contributed by atoms with van der Waals surface area (Å²) in [4.78, 5) is 14.6. The molecule has 1 aliphatic rings. The predicted molar refractivity (Wildman–Crippen MR) is 87.7 cm³/mol. The molecule has 3 aromatic rings. The molecule has 24 heavy (non-hydrogen) atoms. The van der Waals surface area contributed by atoms with Crippen LogP contribution in [0.5, 0.6) is 0 Å². The minimum Gasteiger partial charge on any atom is -0.459 e. The lowest BCUT2D eigenvalue weighted by Crippen LogP contribution is -2.39. The molecule has 0 spiro atoms. The number of piperidine rings is 1. The Morgan fingerprint density at radius 2 is 2.00 bits per heavy atom. The molecular weight excluding hydrogens is 304 g/mol. The van der Waals surface area contributed by atoms with Gasteiger partial charge in [0.05, 0.1) is 12.3 Å². The number of likely N-dealkylation sites (tertiary alicyclic amines) is 1. The Bertz CT molecular complexity index is 811. The van der Waals surface area contributed by atoms with E-state index in [2.05, 4.69) is 10.2 Å². The van der Waals surface area contributed by atoms with Gasteiger partial charge in [0, 0.05) is 12.2 Å². The number of aromatic nitrogens is 3. The van der Waals surface area contributed by atoms with Crippen molar-refractivity contribution < 1.29 is 9.21 Å². The van der Waals surface area contributed by atoms with Gasteiger partial charge in [-0.1, -0.05) is 18.2 Å². The first kappa shape index (κ1) is 14.7. The second kappa shape index (κ2) is 6.31. The van der Waals surface area contributed by atoms with Crippen LogP contribution in [0, 0.1) is 0 Å². The molecule has 1 fully saturated rings. The summed E-state index contributed by atoms with van der Waals surface area (Å²) in [5.41, 5.74) is 0.994. The van der Waals surface area contributed by atoms with Gasteiger partial charge in [0.15, 0.2) is 11.6 Å². The lowest BCUT2D eigenvalue weighted by atomic mass is 10.0. The summed E-state index contributed by atoms with van der Waals surface area (Å²) in [6, 6.07) is 13.3. The first-order chi connectivity index (χ1) is 11.8. The van der Waals surface area contributed by atoms with Crippen LogP contribution < -0.4 is 0 Å². The summed E-state index contributed by atoms with van der Waals surface area (Å²) in [5.74, 6) is 1.07. The smallest absolute Gasteiger partial charge is 0.290 e. The summed E-state index contributed by atoms with van der Waals surface area (Å²) in [7, 11) is 0. The Morgan fingerprint density at radius 3 is 2.79 bits per heavy atom. The average molecular weight is 322 g/mol. The molecule has 122 valence electrons. The van der Waals surface area contributed by atoms with Crippen molar-refractivity contribution in [3.05, 3.63) is 66.6 Å². The molecule has 1 amide bonds. The quantitative estimate of drug-likeness (QED) is 0.742. The van der Waals surface area contributed by atoms with Gasteiger partial charge in [-0.15, -0.1) is 10.2 Å². The standard InChI is InChI=1S/C18H18N4O2/c23-18(16-10-6-12-24-16)21-11-5-4-9-15(21)17-20-19-13-22(17)14-7-2-1-3-8-14/h1-3,6-8,10,12-13,15H,4-5,9,11H2. The van der Waals surface area contributed by atoms with E-state index in [0.717, 1.165) is 30.8 Å². The highest BCUT2D eigenvalue weighted by atomic mass is 16.3. The van der Waals surface area contributed by atoms with Crippen molar-refractivity contribution in [1.29, 1.82) is 0 Å². The van der Waals surface area contributed by atoms with Gasteiger partial charge in [0.2, 0.25) is 0 Å². The van der Waals surface area contributed by atoms with Gasteiger partial charge >= 0.3 is 0 Å². The lowest BCUT2D eigenvalue weighted by Gasteiger charge is -2.34. The van der Waals surface area contributed by atoms with Crippen LogP contribution in [-0.2, 0) is 0 Å². The monoisotopic (exact) mass is 322 g/mol. The number of amides is 1. The number of para-hydroxylation sites is 1. The van der Waals surface area contributed by atoms with Gasteiger partial charge in [-0.25, -0.2) is 0 Å². The first-order valence-electron chi connectivity index (χ1n) is 8.14. The molecule has 1 atom stereocenters. The maximum Gasteiger partial charge on any atom is 0.290 e. The van der Waals surface area contributed by atoms with Gasteiger partial charge in [-0.2, -0.15) is 0 Å². The van der Waals surface area contributed by atoms with Crippen molar-refractivity contribution in [3.8, 4) is 5.69 Å². The second-order valence-electron chi connectivity index (χ2n) is 5.88. The third-order valence-corrected chi connectivity index (χ3v) is 4.40. The van der Waals surface area contributed by atoms with Crippen LogP contribution >= 0.6 is 0 Å². The molecule has 0 radical (unpaired) electrons. The second-order valence-corrected chi connectivity index (χ2v) is 5.88. The largest absolute Gasteiger partial charge is 0.459 e. The molecule has 0 bridgehead atoms. The number of carbonyl (C=O) groups excluding carboxylic acids is 1. The lowest BCUT2D eigenvalue weighted by molar-refractivity contribution is 0.0565. The Kier molecular flexibility index (Phi) is 3.86. The fourth-order valence-corrected chi connectivity index (χ4v) is 3.24. The number of benzene rings is 1. The SMILES string of the molecule is O=C(c1ccco1)N1CCCCC1c1nncn1-c1ccccc1. The Morgan fingerprint density at radius 1 is 1.12 bits per heavy atom. The normalized spacial score (nSPS) is 17.8. The molecule has 0 aliphatic carbocycles.